The quantitative estimate of drug-likeness (QED) is 0.743. The lowest BCUT2D eigenvalue weighted by Gasteiger charge is -1.90. The zero-order valence-corrected chi connectivity index (χ0v) is 6.89. The maximum Gasteiger partial charge on any atom is 0.357 e. The molecule has 0 amide bonds. The topological polar surface area (TPSA) is 63.1 Å². The summed E-state index contributed by atoms with van der Waals surface area (Å²) in [5.74, 6) is -0.984. The minimum absolute atomic E-state index is 0.108. The maximum absolute atomic E-state index is 10.5. The van der Waals surface area contributed by atoms with Gasteiger partial charge in [-0.2, -0.15) is 8.75 Å². The Morgan fingerprint density at radius 3 is 2.91 bits per heavy atom. The van der Waals surface area contributed by atoms with Gasteiger partial charge in [0.25, 0.3) is 0 Å². The number of nitrogens with zero attached hydrogens (tertiary/aromatic N) is 2. The largest absolute Gasteiger partial charge is 0.476 e. The summed E-state index contributed by atoms with van der Waals surface area (Å²) in [6.07, 6.45) is 1.59. The first-order valence-corrected chi connectivity index (χ1v) is 4.03. The van der Waals surface area contributed by atoms with Crippen LogP contribution in [0.15, 0.2) is 0 Å². The Morgan fingerprint density at radius 2 is 2.36 bits per heavy atom. The van der Waals surface area contributed by atoms with Crippen molar-refractivity contribution in [2.75, 3.05) is 0 Å². The van der Waals surface area contributed by atoms with Crippen LogP contribution in [0.25, 0.3) is 0 Å². The molecule has 1 heterocycles. The van der Waals surface area contributed by atoms with E-state index < -0.39 is 5.97 Å². The third-order valence-corrected chi connectivity index (χ3v) is 1.81. The minimum Gasteiger partial charge on any atom is -0.476 e. The fraction of sp³-hybridized carbons (Fsp3) is 0.500. The highest BCUT2D eigenvalue weighted by Crippen LogP contribution is 2.07. The zero-order valence-electron chi connectivity index (χ0n) is 6.07. The molecule has 0 aliphatic carbocycles. The van der Waals surface area contributed by atoms with Gasteiger partial charge in [0.1, 0.15) is 0 Å². The van der Waals surface area contributed by atoms with E-state index in [9.17, 15) is 4.79 Å². The average molecular weight is 172 g/mol. The summed E-state index contributed by atoms with van der Waals surface area (Å²) < 4.78 is 7.54. The second kappa shape index (κ2) is 3.43. The van der Waals surface area contributed by atoms with Crippen molar-refractivity contribution >= 4 is 17.7 Å². The number of aromatic carboxylic acids is 1. The summed E-state index contributed by atoms with van der Waals surface area (Å²) >= 11 is 0.954. The van der Waals surface area contributed by atoms with Crippen LogP contribution in [0.2, 0.25) is 0 Å². The molecule has 60 valence electrons. The van der Waals surface area contributed by atoms with E-state index in [0.717, 1.165) is 18.1 Å². The van der Waals surface area contributed by atoms with Crippen LogP contribution in [0.5, 0.6) is 0 Å². The molecular formula is C6H8N2O2S. The minimum atomic E-state index is -0.984. The number of hydrogen-bond acceptors (Lipinski definition) is 4. The van der Waals surface area contributed by atoms with E-state index in [4.69, 9.17) is 5.11 Å². The molecule has 0 radical (unpaired) electrons. The predicted molar refractivity (Wildman–Crippen MR) is 40.9 cm³/mol. The molecule has 0 aliphatic heterocycles. The molecule has 0 aliphatic rings. The van der Waals surface area contributed by atoms with Gasteiger partial charge in [-0.3, -0.25) is 0 Å². The van der Waals surface area contributed by atoms with E-state index in [-0.39, 0.29) is 5.69 Å². The normalized spacial score (nSPS) is 9.91. The van der Waals surface area contributed by atoms with E-state index in [1.807, 2.05) is 6.92 Å². The Labute approximate surface area is 68.2 Å². The molecular weight excluding hydrogens is 164 g/mol. The number of carboxylic acids is 1. The molecule has 0 aromatic carbocycles. The lowest BCUT2D eigenvalue weighted by atomic mass is 10.2. The molecule has 0 fully saturated rings. The second-order valence-electron chi connectivity index (χ2n) is 2.11. The Morgan fingerprint density at radius 1 is 1.64 bits per heavy atom. The van der Waals surface area contributed by atoms with Crippen LogP contribution < -0.4 is 0 Å². The lowest BCUT2D eigenvalue weighted by Crippen LogP contribution is -2.01. The first-order chi connectivity index (χ1) is 5.25. The summed E-state index contributed by atoms with van der Waals surface area (Å²) in [6, 6.07) is 0. The first-order valence-electron chi connectivity index (χ1n) is 3.30. The van der Waals surface area contributed by atoms with Crippen LogP contribution in [0.1, 0.15) is 29.5 Å². The molecule has 0 bridgehead atoms. The predicted octanol–water partition coefficient (Wildman–Crippen LogP) is 1.19. The van der Waals surface area contributed by atoms with E-state index >= 15 is 0 Å². The fourth-order valence-corrected chi connectivity index (χ4v) is 1.35. The van der Waals surface area contributed by atoms with Crippen molar-refractivity contribution in [1.29, 1.82) is 0 Å². The van der Waals surface area contributed by atoms with Gasteiger partial charge in [0.15, 0.2) is 5.69 Å². The van der Waals surface area contributed by atoms with Crippen molar-refractivity contribution in [3.63, 3.8) is 0 Å². The Balaban J connectivity index is 2.87. The van der Waals surface area contributed by atoms with Gasteiger partial charge in [-0.1, -0.05) is 13.3 Å². The molecule has 5 heteroatoms. The van der Waals surface area contributed by atoms with Crippen molar-refractivity contribution in [2.45, 2.75) is 19.8 Å². The van der Waals surface area contributed by atoms with E-state index in [2.05, 4.69) is 8.75 Å². The van der Waals surface area contributed by atoms with Gasteiger partial charge in [0.2, 0.25) is 0 Å². The van der Waals surface area contributed by atoms with Gasteiger partial charge in [-0.15, -0.1) is 0 Å². The van der Waals surface area contributed by atoms with Crippen molar-refractivity contribution in [3.05, 3.63) is 11.4 Å². The number of hydrogen-bond donors (Lipinski definition) is 1. The van der Waals surface area contributed by atoms with Crippen LogP contribution >= 0.6 is 11.7 Å². The number of rotatable bonds is 3. The fourth-order valence-electron chi connectivity index (χ4n) is 0.770. The first kappa shape index (κ1) is 8.13. The van der Waals surface area contributed by atoms with Crippen LogP contribution in [0.3, 0.4) is 0 Å². The molecule has 0 unspecified atom stereocenters. The van der Waals surface area contributed by atoms with Crippen LogP contribution in [-0.4, -0.2) is 19.8 Å². The highest BCUT2D eigenvalue weighted by atomic mass is 32.1. The van der Waals surface area contributed by atoms with Gasteiger partial charge >= 0.3 is 5.97 Å². The molecule has 11 heavy (non-hydrogen) atoms. The number of aryl methyl sites for hydroxylation is 1. The SMILES string of the molecule is CCCc1nsnc1C(=O)O. The summed E-state index contributed by atoms with van der Waals surface area (Å²) in [4.78, 5) is 10.5. The van der Waals surface area contributed by atoms with Crippen molar-refractivity contribution in [3.8, 4) is 0 Å². The second-order valence-corrected chi connectivity index (χ2v) is 2.64. The molecule has 1 N–H and O–H groups in total. The van der Waals surface area contributed by atoms with Gasteiger partial charge in [-0.25, -0.2) is 4.79 Å². The highest BCUT2D eigenvalue weighted by molar-refractivity contribution is 6.99. The Hall–Kier alpha value is -0.970. The number of aromatic nitrogens is 2. The third-order valence-electron chi connectivity index (χ3n) is 1.25. The number of carbonyl (C=O) groups is 1. The zero-order chi connectivity index (χ0) is 8.27. The van der Waals surface area contributed by atoms with Gasteiger partial charge < -0.3 is 5.11 Å². The summed E-state index contributed by atoms with van der Waals surface area (Å²) in [6.45, 7) is 1.98. The molecule has 1 aromatic heterocycles. The van der Waals surface area contributed by atoms with Crippen LogP contribution in [0, 0.1) is 0 Å². The molecule has 0 saturated carbocycles. The van der Waals surface area contributed by atoms with E-state index in [1.165, 1.54) is 0 Å². The average Bonchev–Trinajstić information content (AvgIpc) is 2.36. The Bertz CT molecular complexity index is 259. The molecule has 0 spiro atoms. The summed E-state index contributed by atoms with van der Waals surface area (Å²) in [7, 11) is 0. The number of carboxylic acid groups (broad SMARTS) is 1. The molecule has 1 aromatic rings. The lowest BCUT2D eigenvalue weighted by molar-refractivity contribution is 0.0690. The molecule has 1 rings (SSSR count). The third kappa shape index (κ3) is 1.74. The molecule has 0 atom stereocenters. The van der Waals surface area contributed by atoms with E-state index in [0.29, 0.717) is 12.1 Å². The maximum atomic E-state index is 10.5. The Kier molecular flexibility index (Phi) is 2.53. The van der Waals surface area contributed by atoms with Gasteiger partial charge in [0.05, 0.1) is 17.4 Å². The van der Waals surface area contributed by atoms with Gasteiger partial charge in [-0.05, 0) is 6.42 Å². The van der Waals surface area contributed by atoms with Crippen LogP contribution in [0.4, 0.5) is 0 Å². The van der Waals surface area contributed by atoms with E-state index in [1.54, 1.807) is 0 Å². The smallest absolute Gasteiger partial charge is 0.357 e. The highest BCUT2D eigenvalue weighted by Gasteiger charge is 2.13. The molecule has 0 saturated heterocycles. The standard InChI is InChI=1S/C6H8N2O2S/c1-2-3-4-5(6(9)10)8-11-7-4/h2-3H2,1H3,(H,9,10). The summed E-state index contributed by atoms with van der Waals surface area (Å²) in [5.41, 5.74) is 0.710. The monoisotopic (exact) mass is 172 g/mol. The van der Waals surface area contributed by atoms with Crippen molar-refractivity contribution < 1.29 is 9.90 Å². The van der Waals surface area contributed by atoms with Crippen LogP contribution in [-0.2, 0) is 6.42 Å². The van der Waals surface area contributed by atoms with Crippen molar-refractivity contribution in [2.24, 2.45) is 0 Å². The molecule has 4 nitrogen and oxygen atoms in total. The van der Waals surface area contributed by atoms with Crippen molar-refractivity contribution in [1.82, 2.24) is 8.75 Å². The summed E-state index contributed by atoms with van der Waals surface area (Å²) in [5, 5.41) is 8.59. The van der Waals surface area contributed by atoms with Gasteiger partial charge in [0, 0.05) is 0 Å².